The molecule has 0 bridgehead atoms. The average molecular weight is 338 g/mol. The van der Waals surface area contributed by atoms with Gasteiger partial charge < -0.3 is 15.5 Å². The predicted molar refractivity (Wildman–Crippen MR) is 85.8 cm³/mol. The van der Waals surface area contributed by atoms with Crippen molar-refractivity contribution in [3.63, 3.8) is 0 Å². The van der Waals surface area contributed by atoms with Gasteiger partial charge in [0.2, 0.25) is 5.91 Å². The molecule has 0 spiro atoms. The Morgan fingerprint density at radius 2 is 1.91 bits per heavy atom. The lowest BCUT2D eigenvalue weighted by molar-refractivity contribution is -0.121. The van der Waals surface area contributed by atoms with Gasteiger partial charge in [-0.15, -0.1) is 0 Å². The van der Waals surface area contributed by atoms with Gasteiger partial charge in [-0.1, -0.05) is 29.8 Å². The second-order valence-corrected chi connectivity index (χ2v) is 5.68. The van der Waals surface area contributed by atoms with Crippen molar-refractivity contribution in [3.8, 4) is 5.75 Å². The van der Waals surface area contributed by atoms with E-state index in [1.54, 1.807) is 19.1 Å². The van der Waals surface area contributed by atoms with Crippen LogP contribution in [0.4, 0.5) is 4.39 Å². The highest BCUT2D eigenvalue weighted by Crippen LogP contribution is 2.21. The molecule has 122 valence electrons. The van der Waals surface area contributed by atoms with Crippen LogP contribution < -0.4 is 5.32 Å². The Morgan fingerprint density at radius 3 is 2.52 bits per heavy atom. The smallest absolute Gasteiger partial charge is 0.224 e. The first-order valence-corrected chi connectivity index (χ1v) is 7.45. The molecule has 23 heavy (non-hydrogen) atoms. The van der Waals surface area contributed by atoms with Gasteiger partial charge in [-0.3, -0.25) is 4.79 Å². The second kappa shape index (κ2) is 7.44. The zero-order valence-corrected chi connectivity index (χ0v) is 13.2. The maximum absolute atomic E-state index is 13.7. The molecule has 2 unspecified atom stereocenters. The number of halogens is 2. The van der Waals surface area contributed by atoms with Crippen LogP contribution in [0, 0.1) is 5.82 Å². The summed E-state index contributed by atoms with van der Waals surface area (Å²) in [6.07, 6.45) is -1.16. The lowest BCUT2D eigenvalue weighted by atomic mass is 10.0. The van der Waals surface area contributed by atoms with E-state index < -0.39 is 23.9 Å². The molecule has 2 rings (SSSR count). The molecule has 2 aromatic rings. The van der Waals surface area contributed by atoms with E-state index in [0.29, 0.717) is 5.56 Å². The van der Waals surface area contributed by atoms with E-state index in [2.05, 4.69) is 5.32 Å². The maximum atomic E-state index is 13.7. The molecule has 0 aliphatic heterocycles. The Kier molecular flexibility index (Phi) is 5.58. The molecule has 0 saturated carbocycles. The number of aromatic hydroxyl groups is 1. The van der Waals surface area contributed by atoms with Crippen LogP contribution in [0.3, 0.4) is 0 Å². The largest absolute Gasteiger partial charge is 0.508 e. The summed E-state index contributed by atoms with van der Waals surface area (Å²) in [5.41, 5.74) is 0.678. The zero-order valence-electron chi connectivity index (χ0n) is 12.5. The van der Waals surface area contributed by atoms with Crippen LogP contribution in [-0.2, 0) is 11.2 Å². The molecule has 0 aromatic heterocycles. The highest BCUT2D eigenvalue weighted by molar-refractivity contribution is 6.31. The lowest BCUT2D eigenvalue weighted by Gasteiger charge is -2.21. The quantitative estimate of drug-likeness (QED) is 0.785. The first-order chi connectivity index (χ1) is 10.9. The molecule has 0 fully saturated rings. The lowest BCUT2D eigenvalue weighted by Crippen LogP contribution is -2.38. The van der Waals surface area contributed by atoms with Gasteiger partial charge in [0.05, 0.1) is 18.6 Å². The molecule has 6 heteroatoms. The van der Waals surface area contributed by atoms with E-state index in [9.17, 15) is 19.4 Å². The Bertz CT molecular complexity index is 670. The van der Waals surface area contributed by atoms with Crippen molar-refractivity contribution >= 4 is 17.5 Å². The van der Waals surface area contributed by atoms with Crippen molar-refractivity contribution in [2.24, 2.45) is 0 Å². The van der Waals surface area contributed by atoms with Gasteiger partial charge in [0, 0.05) is 10.6 Å². The summed E-state index contributed by atoms with van der Waals surface area (Å²) in [5.74, 6) is -0.895. The topological polar surface area (TPSA) is 69.6 Å². The highest BCUT2D eigenvalue weighted by atomic mass is 35.5. The number of phenols is 1. The molecule has 0 radical (unpaired) electrons. The number of rotatable bonds is 5. The number of aliphatic hydroxyl groups is 1. The van der Waals surface area contributed by atoms with Gasteiger partial charge >= 0.3 is 0 Å². The molecule has 1 amide bonds. The van der Waals surface area contributed by atoms with Crippen molar-refractivity contribution < 1.29 is 19.4 Å². The van der Waals surface area contributed by atoms with E-state index in [0.717, 1.165) is 0 Å². The number of phenolic OH excluding ortho intramolecular Hbond substituents is 1. The SMILES string of the molecule is CC(NC(=O)Cc1c(F)cccc1Cl)C(O)c1ccc(O)cc1. The molecule has 4 nitrogen and oxygen atoms in total. The number of amides is 1. The van der Waals surface area contributed by atoms with Gasteiger partial charge in [-0.05, 0) is 36.8 Å². The van der Waals surface area contributed by atoms with E-state index in [1.807, 2.05) is 0 Å². The van der Waals surface area contributed by atoms with Crippen molar-refractivity contribution in [1.29, 1.82) is 0 Å². The van der Waals surface area contributed by atoms with Crippen LogP contribution in [0.5, 0.6) is 5.75 Å². The third-order valence-electron chi connectivity index (χ3n) is 3.50. The maximum Gasteiger partial charge on any atom is 0.224 e. The van der Waals surface area contributed by atoms with Crippen LogP contribution in [0.15, 0.2) is 42.5 Å². The first-order valence-electron chi connectivity index (χ1n) is 7.07. The van der Waals surface area contributed by atoms with Crippen molar-refractivity contribution in [3.05, 3.63) is 64.4 Å². The predicted octanol–water partition coefficient (Wildman–Crippen LogP) is 2.97. The monoisotopic (exact) mass is 337 g/mol. The fourth-order valence-electron chi connectivity index (χ4n) is 2.21. The molecule has 2 atom stereocenters. The third kappa shape index (κ3) is 4.43. The molecule has 0 saturated heterocycles. The third-order valence-corrected chi connectivity index (χ3v) is 3.85. The summed E-state index contributed by atoms with van der Waals surface area (Å²) < 4.78 is 13.7. The minimum absolute atomic E-state index is 0.0897. The minimum atomic E-state index is -0.948. The summed E-state index contributed by atoms with van der Waals surface area (Å²) in [7, 11) is 0. The summed E-state index contributed by atoms with van der Waals surface area (Å²) in [4.78, 5) is 12.0. The average Bonchev–Trinajstić information content (AvgIpc) is 2.51. The number of hydrogen-bond acceptors (Lipinski definition) is 3. The Morgan fingerprint density at radius 1 is 1.26 bits per heavy atom. The van der Waals surface area contributed by atoms with Crippen molar-refractivity contribution in [2.75, 3.05) is 0 Å². The molecule has 0 aliphatic carbocycles. The van der Waals surface area contributed by atoms with Gasteiger partial charge in [0.1, 0.15) is 11.6 Å². The first kappa shape index (κ1) is 17.2. The van der Waals surface area contributed by atoms with Crippen LogP contribution in [0.25, 0.3) is 0 Å². The fraction of sp³-hybridized carbons (Fsp3) is 0.235. The normalized spacial score (nSPS) is 13.4. The van der Waals surface area contributed by atoms with Gasteiger partial charge in [-0.2, -0.15) is 0 Å². The standard InChI is InChI=1S/C17H17ClFNO3/c1-10(17(23)11-5-7-12(21)8-6-11)20-16(22)9-13-14(18)3-2-4-15(13)19/h2-8,10,17,21,23H,9H2,1H3,(H,20,22). The van der Waals surface area contributed by atoms with Crippen molar-refractivity contribution in [2.45, 2.75) is 25.5 Å². The van der Waals surface area contributed by atoms with E-state index in [-0.39, 0.29) is 22.8 Å². The highest BCUT2D eigenvalue weighted by Gasteiger charge is 2.20. The number of benzene rings is 2. The number of carbonyl (C=O) groups excluding carboxylic acids is 1. The van der Waals surface area contributed by atoms with Gasteiger partial charge in [0.15, 0.2) is 0 Å². The van der Waals surface area contributed by atoms with Crippen LogP contribution >= 0.6 is 11.6 Å². The summed E-state index contributed by atoms with van der Waals surface area (Å²) in [6, 6.07) is 9.67. The molecule has 0 aliphatic rings. The summed E-state index contributed by atoms with van der Waals surface area (Å²) >= 11 is 5.89. The van der Waals surface area contributed by atoms with E-state index >= 15 is 0 Å². The number of aliphatic hydroxyl groups excluding tert-OH is 1. The minimum Gasteiger partial charge on any atom is -0.508 e. The van der Waals surface area contributed by atoms with Crippen LogP contribution in [0.1, 0.15) is 24.2 Å². The Balaban J connectivity index is 2.00. The summed E-state index contributed by atoms with van der Waals surface area (Å²) in [6.45, 7) is 1.64. The molecular formula is C17H17ClFNO3. The summed E-state index contributed by atoms with van der Waals surface area (Å²) in [5, 5.41) is 22.3. The van der Waals surface area contributed by atoms with Gasteiger partial charge in [-0.25, -0.2) is 4.39 Å². The molecule has 0 heterocycles. The van der Waals surface area contributed by atoms with E-state index in [1.165, 1.54) is 30.3 Å². The Hall–Kier alpha value is -2.11. The number of nitrogens with one attached hydrogen (secondary N) is 1. The fourth-order valence-corrected chi connectivity index (χ4v) is 2.44. The van der Waals surface area contributed by atoms with E-state index in [4.69, 9.17) is 11.6 Å². The molecular weight excluding hydrogens is 321 g/mol. The number of carbonyl (C=O) groups is 1. The zero-order chi connectivity index (χ0) is 17.0. The van der Waals surface area contributed by atoms with Gasteiger partial charge in [0.25, 0.3) is 0 Å². The molecule has 3 N–H and O–H groups in total. The number of hydrogen-bond donors (Lipinski definition) is 3. The van der Waals surface area contributed by atoms with Crippen molar-refractivity contribution in [1.82, 2.24) is 5.32 Å². The second-order valence-electron chi connectivity index (χ2n) is 5.27. The Labute approximate surface area is 138 Å². The van der Waals surface area contributed by atoms with Crippen LogP contribution in [0.2, 0.25) is 5.02 Å². The van der Waals surface area contributed by atoms with Crippen LogP contribution in [-0.4, -0.2) is 22.2 Å². The molecule has 2 aromatic carbocycles.